The summed E-state index contributed by atoms with van der Waals surface area (Å²) >= 11 is 1.78. The third kappa shape index (κ3) is 5.10. The van der Waals surface area contributed by atoms with Crippen LogP contribution < -0.4 is 10.2 Å². The molecule has 0 atom stereocenters. The molecule has 0 unspecified atom stereocenters. The summed E-state index contributed by atoms with van der Waals surface area (Å²) in [6.07, 6.45) is 3.26. The molecule has 2 heterocycles. The van der Waals surface area contributed by atoms with Crippen LogP contribution in [0.25, 0.3) is 0 Å². The van der Waals surface area contributed by atoms with E-state index >= 15 is 0 Å². The Kier molecular flexibility index (Phi) is 5.58. The van der Waals surface area contributed by atoms with Crippen LogP contribution in [0, 0.1) is 5.41 Å². The van der Waals surface area contributed by atoms with Crippen molar-refractivity contribution in [2.24, 2.45) is 10.4 Å². The fourth-order valence-corrected chi connectivity index (χ4v) is 5.62. The Morgan fingerprint density at radius 2 is 2.04 bits per heavy atom. The Labute approximate surface area is 154 Å². The molecule has 1 saturated heterocycles. The van der Waals surface area contributed by atoms with Crippen LogP contribution in [-0.2, 0) is 9.84 Å². The molecular weight excluding hydrogens is 356 g/mol. The zero-order chi connectivity index (χ0) is 17.9. The second-order valence-corrected chi connectivity index (χ2v) is 10.2. The minimum absolute atomic E-state index is 0.118. The molecule has 6 nitrogen and oxygen atoms in total. The van der Waals surface area contributed by atoms with Gasteiger partial charge in [-0.05, 0) is 37.3 Å². The van der Waals surface area contributed by atoms with Gasteiger partial charge in [0, 0.05) is 50.9 Å². The zero-order valence-electron chi connectivity index (χ0n) is 15.1. The van der Waals surface area contributed by atoms with Gasteiger partial charge in [-0.1, -0.05) is 0 Å². The van der Waals surface area contributed by atoms with E-state index in [-0.39, 0.29) is 11.2 Å². The molecule has 140 valence electrons. The summed E-state index contributed by atoms with van der Waals surface area (Å²) < 4.78 is 23.3. The van der Waals surface area contributed by atoms with E-state index in [1.165, 1.54) is 11.3 Å². The van der Waals surface area contributed by atoms with Gasteiger partial charge in [0.25, 0.3) is 0 Å². The van der Waals surface area contributed by atoms with Crippen molar-refractivity contribution in [2.75, 3.05) is 56.2 Å². The lowest BCUT2D eigenvalue weighted by molar-refractivity contribution is 0.372. The van der Waals surface area contributed by atoms with Gasteiger partial charge in [0.2, 0.25) is 0 Å². The van der Waals surface area contributed by atoms with Crippen LogP contribution >= 0.6 is 11.3 Å². The van der Waals surface area contributed by atoms with Gasteiger partial charge in [0.15, 0.2) is 5.96 Å². The molecule has 2 fully saturated rings. The first kappa shape index (κ1) is 18.5. The molecule has 0 spiro atoms. The van der Waals surface area contributed by atoms with Crippen molar-refractivity contribution in [3.05, 3.63) is 17.5 Å². The number of anilines is 1. The Morgan fingerprint density at radius 1 is 1.32 bits per heavy atom. The summed E-state index contributed by atoms with van der Waals surface area (Å²) in [4.78, 5) is 9.50. The van der Waals surface area contributed by atoms with Crippen LogP contribution in [0.3, 0.4) is 0 Å². The highest BCUT2D eigenvalue weighted by Gasteiger charge is 2.45. The topological polar surface area (TPSA) is 65.0 Å². The van der Waals surface area contributed by atoms with Crippen LogP contribution in [0.2, 0.25) is 0 Å². The molecule has 3 rings (SSSR count). The molecule has 0 radical (unpaired) electrons. The second kappa shape index (κ2) is 7.53. The number of thiophene rings is 1. The maximum Gasteiger partial charge on any atom is 0.194 e. The van der Waals surface area contributed by atoms with Gasteiger partial charge < -0.3 is 15.1 Å². The van der Waals surface area contributed by atoms with Crippen LogP contribution in [0.1, 0.15) is 19.8 Å². The van der Waals surface area contributed by atoms with E-state index in [4.69, 9.17) is 4.99 Å². The third-order valence-corrected chi connectivity index (χ3v) is 6.89. The fraction of sp³-hybridized carbons (Fsp3) is 0.706. The highest BCUT2D eigenvalue weighted by Crippen LogP contribution is 2.46. The Balaban J connectivity index is 1.60. The SMILES string of the molecule is CCNC(=NCC1(CS(C)(=O)=O)CC1)N1CCN(c2cccs2)CC1. The summed E-state index contributed by atoms with van der Waals surface area (Å²) in [7, 11) is -2.95. The van der Waals surface area contributed by atoms with Crippen molar-refractivity contribution < 1.29 is 8.42 Å². The lowest BCUT2D eigenvalue weighted by Crippen LogP contribution is -2.52. The number of aliphatic imine (C=N–C) groups is 1. The minimum atomic E-state index is -2.95. The first-order valence-corrected chi connectivity index (χ1v) is 11.8. The van der Waals surface area contributed by atoms with Gasteiger partial charge in [-0.25, -0.2) is 8.42 Å². The van der Waals surface area contributed by atoms with Crippen molar-refractivity contribution in [1.82, 2.24) is 10.2 Å². The molecule has 0 amide bonds. The van der Waals surface area contributed by atoms with Crippen molar-refractivity contribution in [1.29, 1.82) is 0 Å². The molecule has 1 N–H and O–H groups in total. The molecule has 1 aromatic rings. The maximum absolute atomic E-state index is 11.6. The Hall–Kier alpha value is -1.28. The highest BCUT2D eigenvalue weighted by atomic mass is 32.2. The average molecular weight is 385 g/mol. The van der Waals surface area contributed by atoms with Crippen LogP contribution in [-0.4, -0.2) is 70.6 Å². The van der Waals surface area contributed by atoms with Crippen molar-refractivity contribution in [3.63, 3.8) is 0 Å². The van der Waals surface area contributed by atoms with E-state index in [1.54, 1.807) is 11.3 Å². The predicted molar refractivity (Wildman–Crippen MR) is 105 cm³/mol. The predicted octanol–water partition coefficient (Wildman–Crippen LogP) is 1.66. The Morgan fingerprint density at radius 3 is 2.56 bits per heavy atom. The monoisotopic (exact) mass is 384 g/mol. The number of rotatable bonds is 6. The molecule has 2 aliphatic rings. The summed E-state index contributed by atoms with van der Waals surface area (Å²) in [5.74, 6) is 1.18. The number of sulfone groups is 1. The first-order valence-electron chi connectivity index (χ1n) is 8.90. The average Bonchev–Trinajstić information content (AvgIpc) is 3.10. The van der Waals surface area contributed by atoms with Gasteiger partial charge in [0.05, 0.1) is 10.8 Å². The van der Waals surface area contributed by atoms with Crippen molar-refractivity contribution >= 4 is 32.1 Å². The molecular formula is C17H28N4O2S2. The molecule has 0 bridgehead atoms. The van der Waals surface area contributed by atoms with Gasteiger partial charge in [-0.15, -0.1) is 11.3 Å². The number of guanidine groups is 1. The lowest BCUT2D eigenvalue weighted by Gasteiger charge is -2.37. The van der Waals surface area contributed by atoms with Gasteiger partial charge in [0.1, 0.15) is 9.84 Å². The number of hydrogen-bond acceptors (Lipinski definition) is 5. The minimum Gasteiger partial charge on any atom is -0.360 e. The van der Waals surface area contributed by atoms with Gasteiger partial charge in [-0.3, -0.25) is 4.99 Å². The first-order chi connectivity index (χ1) is 11.9. The zero-order valence-corrected chi connectivity index (χ0v) is 16.7. The van der Waals surface area contributed by atoms with Crippen LogP contribution in [0.4, 0.5) is 5.00 Å². The maximum atomic E-state index is 11.6. The smallest absolute Gasteiger partial charge is 0.194 e. The number of hydrogen-bond donors (Lipinski definition) is 1. The number of nitrogens with one attached hydrogen (secondary N) is 1. The fourth-order valence-electron chi connectivity index (χ4n) is 3.34. The standard InChI is InChI=1S/C17H28N4O2S2/c1-3-18-16(19-13-17(6-7-17)14-25(2,22)23)21-10-8-20(9-11-21)15-5-4-12-24-15/h4-5,12H,3,6-11,13-14H2,1-2H3,(H,18,19). The van der Waals surface area contributed by atoms with E-state index in [1.807, 2.05) is 0 Å². The van der Waals surface area contributed by atoms with Crippen LogP contribution in [0.15, 0.2) is 22.5 Å². The van der Waals surface area contributed by atoms with Crippen LogP contribution in [0.5, 0.6) is 0 Å². The molecule has 1 aliphatic carbocycles. The Bertz CT molecular complexity index is 688. The van der Waals surface area contributed by atoms with Gasteiger partial charge >= 0.3 is 0 Å². The third-order valence-electron chi connectivity index (χ3n) is 4.82. The van der Waals surface area contributed by atoms with E-state index in [0.29, 0.717) is 6.54 Å². The van der Waals surface area contributed by atoms with Crippen molar-refractivity contribution in [2.45, 2.75) is 19.8 Å². The molecule has 8 heteroatoms. The summed E-state index contributed by atoms with van der Waals surface area (Å²) in [5.41, 5.74) is -0.118. The molecule has 25 heavy (non-hydrogen) atoms. The van der Waals surface area contributed by atoms with E-state index in [9.17, 15) is 8.42 Å². The largest absolute Gasteiger partial charge is 0.360 e. The number of nitrogens with zero attached hydrogens (tertiary/aromatic N) is 3. The normalized spacial score (nSPS) is 20.6. The summed E-state index contributed by atoms with van der Waals surface area (Å²) in [6, 6.07) is 4.26. The second-order valence-electron chi connectivity index (χ2n) is 7.17. The molecule has 1 aliphatic heterocycles. The highest BCUT2D eigenvalue weighted by molar-refractivity contribution is 7.90. The quantitative estimate of drug-likeness (QED) is 0.597. The van der Waals surface area contributed by atoms with E-state index in [2.05, 4.69) is 39.6 Å². The number of piperazine rings is 1. The summed E-state index contributed by atoms with van der Waals surface area (Å²) in [6.45, 7) is 7.34. The lowest BCUT2D eigenvalue weighted by atomic mass is 10.1. The molecule has 0 aromatic carbocycles. The summed E-state index contributed by atoms with van der Waals surface area (Å²) in [5, 5.41) is 6.82. The molecule has 1 aromatic heterocycles. The van der Waals surface area contributed by atoms with E-state index < -0.39 is 9.84 Å². The molecule has 1 saturated carbocycles. The van der Waals surface area contributed by atoms with Crippen molar-refractivity contribution in [3.8, 4) is 0 Å². The van der Waals surface area contributed by atoms with E-state index in [0.717, 1.165) is 51.5 Å². The van der Waals surface area contributed by atoms with Gasteiger partial charge in [-0.2, -0.15) is 0 Å².